The van der Waals surface area contributed by atoms with E-state index in [1.165, 1.54) is 0 Å². The van der Waals surface area contributed by atoms with Crippen LogP contribution in [0.5, 0.6) is 5.75 Å². The summed E-state index contributed by atoms with van der Waals surface area (Å²) in [5.41, 5.74) is 3.68. The molecule has 32 heavy (non-hydrogen) atoms. The minimum atomic E-state index is -0.744. The number of carbonyl (C=O) groups is 2. The number of phenols is 1. The minimum absolute atomic E-state index is 0.109. The lowest BCUT2D eigenvalue weighted by atomic mass is 9.75. The van der Waals surface area contributed by atoms with Crippen LogP contribution in [0.25, 0.3) is 22.6 Å². The number of hydrogen-bond donors (Lipinski definition) is 3. The van der Waals surface area contributed by atoms with Gasteiger partial charge in [0.2, 0.25) is 11.8 Å². The Hall–Kier alpha value is -2.80. The number of aromatic nitrogens is 1. The van der Waals surface area contributed by atoms with Crippen molar-refractivity contribution in [3.05, 3.63) is 63.3 Å². The number of carbonyl (C=O) groups excluding carboxylic acids is 2. The van der Waals surface area contributed by atoms with Crippen LogP contribution in [-0.4, -0.2) is 35.1 Å². The molecule has 1 aromatic heterocycles. The summed E-state index contributed by atoms with van der Waals surface area (Å²) in [7, 11) is 1.90. The Balaban J connectivity index is 1.83. The highest BCUT2D eigenvalue weighted by atomic mass is 35.5. The maximum Gasteiger partial charge on any atom is 0.235 e. The highest BCUT2D eigenvalue weighted by molar-refractivity contribution is 6.38. The molecule has 164 valence electrons. The first kappa shape index (κ1) is 21.1. The van der Waals surface area contributed by atoms with E-state index < -0.39 is 11.8 Å². The third kappa shape index (κ3) is 3.13. The number of amides is 2. The molecule has 1 aliphatic heterocycles. The zero-order valence-electron chi connectivity index (χ0n) is 17.3. The monoisotopic (exact) mass is 469 g/mol. The molecule has 2 amide bonds. The number of nitrogens with one attached hydrogen (secondary N) is 2. The number of fused-ring (bicyclic) bond motifs is 5. The van der Waals surface area contributed by atoms with Crippen molar-refractivity contribution in [1.82, 2.24) is 15.2 Å². The van der Waals surface area contributed by atoms with Crippen molar-refractivity contribution in [2.75, 3.05) is 13.6 Å². The summed E-state index contributed by atoms with van der Waals surface area (Å²) in [6.07, 6.45) is 2.79. The molecule has 3 N–H and O–H groups in total. The molecular formula is C24H21Cl2N3O3. The summed E-state index contributed by atoms with van der Waals surface area (Å²) in [5, 5.41) is 17.4. The van der Waals surface area contributed by atoms with Crippen molar-refractivity contribution in [2.45, 2.75) is 18.9 Å². The molecule has 6 nitrogen and oxygen atoms in total. The highest BCUT2D eigenvalue weighted by Gasteiger charge is 2.50. The van der Waals surface area contributed by atoms with Crippen molar-refractivity contribution >= 4 is 57.6 Å². The fourth-order valence-electron chi connectivity index (χ4n) is 4.96. The van der Waals surface area contributed by atoms with Crippen molar-refractivity contribution in [1.29, 1.82) is 0 Å². The quantitative estimate of drug-likeness (QED) is 0.386. The van der Waals surface area contributed by atoms with E-state index in [9.17, 15) is 14.7 Å². The standard InChI is InChI=1S/C24H21Cl2N3O3/c1-27-8-3-9-29-17-7-6-12(30)10-13(17)20-18(29)11-14(19-15(25)4-2-5-16(19)26)21-22(20)24(32)28-23(21)31/h2,4-7,10-11,21-22,27,30H,3,8-9H2,1H3,(H,28,31,32). The van der Waals surface area contributed by atoms with Gasteiger partial charge in [-0.2, -0.15) is 0 Å². The van der Waals surface area contributed by atoms with Crippen LogP contribution in [0.15, 0.2) is 36.4 Å². The summed E-state index contributed by atoms with van der Waals surface area (Å²) in [6, 6.07) is 10.3. The largest absolute Gasteiger partial charge is 0.508 e. The first-order chi connectivity index (χ1) is 15.4. The lowest BCUT2D eigenvalue weighted by Gasteiger charge is -2.26. The predicted molar refractivity (Wildman–Crippen MR) is 126 cm³/mol. The van der Waals surface area contributed by atoms with Gasteiger partial charge in [-0.3, -0.25) is 14.9 Å². The number of rotatable bonds is 5. The van der Waals surface area contributed by atoms with Crippen LogP contribution in [0.3, 0.4) is 0 Å². The molecule has 3 aromatic rings. The van der Waals surface area contributed by atoms with Crippen molar-refractivity contribution < 1.29 is 14.7 Å². The molecule has 2 atom stereocenters. The molecule has 5 rings (SSSR count). The molecule has 0 bridgehead atoms. The normalized spacial score (nSPS) is 19.7. The molecule has 1 aliphatic carbocycles. The van der Waals surface area contributed by atoms with Gasteiger partial charge in [0.05, 0.1) is 11.8 Å². The Bertz CT molecular complexity index is 1290. The number of hydrogen-bond acceptors (Lipinski definition) is 4. The molecule has 0 saturated carbocycles. The third-order valence-corrected chi connectivity index (χ3v) is 6.90. The first-order valence-corrected chi connectivity index (χ1v) is 11.2. The molecule has 8 heteroatoms. The van der Waals surface area contributed by atoms with Gasteiger partial charge in [0, 0.05) is 38.8 Å². The lowest BCUT2D eigenvalue weighted by Crippen LogP contribution is -2.23. The first-order valence-electron chi connectivity index (χ1n) is 10.4. The van der Waals surface area contributed by atoms with Gasteiger partial charge in [-0.1, -0.05) is 29.3 Å². The number of nitrogens with zero attached hydrogens (tertiary/aromatic N) is 1. The maximum atomic E-state index is 13.0. The van der Waals surface area contributed by atoms with Crippen molar-refractivity contribution in [2.24, 2.45) is 5.92 Å². The van der Waals surface area contributed by atoms with Crippen molar-refractivity contribution in [3.8, 4) is 5.75 Å². The van der Waals surface area contributed by atoms with E-state index in [1.54, 1.807) is 30.3 Å². The summed E-state index contributed by atoms with van der Waals surface area (Å²) >= 11 is 13.0. The van der Waals surface area contributed by atoms with Crippen LogP contribution in [-0.2, 0) is 16.1 Å². The van der Waals surface area contributed by atoms with Crippen LogP contribution in [0, 0.1) is 5.92 Å². The summed E-state index contributed by atoms with van der Waals surface area (Å²) in [5.74, 6) is -2.08. The van der Waals surface area contributed by atoms with Crippen molar-refractivity contribution in [3.63, 3.8) is 0 Å². The van der Waals surface area contributed by atoms with Crippen LogP contribution < -0.4 is 10.6 Å². The number of aryl methyl sites for hydroxylation is 1. The predicted octanol–water partition coefficient (Wildman–Crippen LogP) is 4.17. The highest BCUT2D eigenvalue weighted by Crippen LogP contribution is 2.51. The second-order valence-electron chi connectivity index (χ2n) is 8.11. The van der Waals surface area contributed by atoms with E-state index in [-0.39, 0.29) is 17.6 Å². The lowest BCUT2D eigenvalue weighted by molar-refractivity contribution is -0.125. The summed E-state index contributed by atoms with van der Waals surface area (Å²) in [6.45, 7) is 1.52. The Labute approximate surface area is 194 Å². The smallest absolute Gasteiger partial charge is 0.235 e. The van der Waals surface area contributed by atoms with Crippen LogP contribution >= 0.6 is 23.2 Å². The third-order valence-electron chi connectivity index (χ3n) is 6.27. The van der Waals surface area contributed by atoms with Crippen LogP contribution in [0.4, 0.5) is 0 Å². The van der Waals surface area contributed by atoms with E-state index >= 15 is 0 Å². The Morgan fingerprint density at radius 3 is 2.53 bits per heavy atom. The Kier molecular flexibility index (Phi) is 5.24. The molecule has 2 aromatic carbocycles. The topological polar surface area (TPSA) is 83.4 Å². The van der Waals surface area contributed by atoms with Gasteiger partial charge in [0.25, 0.3) is 0 Å². The van der Waals surface area contributed by atoms with E-state index in [4.69, 9.17) is 23.2 Å². The summed E-state index contributed by atoms with van der Waals surface area (Å²) < 4.78 is 2.14. The van der Waals surface area contributed by atoms with Gasteiger partial charge < -0.3 is 15.0 Å². The average molecular weight is 470 g/mol. The second kappa shape index (κ2) is 7.96. The molecule has 2 heterocycles. The van der Waals surface area contributed by atoms with Gasteiger partial charge in [-0.15, -0.1) is 0 Å². The van der Waals surface area contributed by atoms with Gasteiger partial charge in [0.1, 0.15) is 5.75 Å². The maximum absolute atomic E-state index is 13.0. The number of aromatic hydroxyl groups is 1. The average Bonchev–Trinajstić information content (AvgIpc) is 3.21. The van der Waals surface area contributed by atoms with E-state index in [0.717, 1.165) is 35.1 Å². The van der Waals surface area contributed by atoms with Gasteiger partial charge in [-0.05, 0) is 67.6 Å². The van der Waals surface area contributed by atoms with Gasteiger partial charge in [0.15, 0.2) is 0 Å². The molecular weight excluding hydrogens is 449 g/mol. The number of imide groups is 1. The molecule has 1 fully saturated rings. The zero-order valence-corrected chi connectivity index (χ0v) is 18.8. The van der Waals surface area contributed by atoms with Crippen LogP contribution in [0.2, 0.25) is 10.0 Å². The van der Waals surface area contributed by atoms with Gasteiger partial charge >= 0.3 is 0 Å². The Morgan fingerprint density at radius 1 is 1.09 bits per heavy atom. The zero-order chi connectivity index (χ0) is 22.6. The fraction of sp³-hybridized carbons (Fsp3) is 0.250. The van der Waals surface area contributed by atoms with E-state index in [1.807, 2.05) is 19.2 Å². The molecule has 0 radical (unpaired) electrons. The van der Waals surface area contributed by atoms with Crippen LogP contribution in [0.1, 0.15) is 29.2 Å². The summed E-state index contributed by atoms with van der Waals surface area (Å²) in [4.78, 5) is 26.0. The number of phenolic OH excluding ortho intramolecular Hbond substituents is 1. The van der Waals surface area contributed by atoms with E-state index in [2.05, 4.69) is 15.2 Å². The minimum Gasteiger partial charge on any atom is -0.508 e. The molecule has 0 spiro atoms. The molecule has 1 saturated heterocycles. The van der Waals surface area contributed by atoms with Gasteiger partial charge in [-0.25, -0.2) is 0 Å². The fourth-order valence-corrected chi connectivity index (χ4v) is 5.58. The SMILES string of the molecule is CNCCCn1c2c(c3cc(O)ccc31)C1C(=O)NC(=O)C1C(c1c(Cl)cccc1Cl)=C2. The van der Waals surface area contributed by atoms with E-state index in [0.29, 0.717) is 27.7 Å². The number of halogens is 2. The number of benzene rings is 2. The second-order valence-corrected chi connectivity index (χ2v) is 8.93. The Morgan fingerprint density at radius 2 is 1.81 bits per heavy atom. The molecule has 2 aliphatic rings. The molecule has 2 unspecified atom stereocenters.